The highest BCUT2D eigenvalue weighted by atomic mass is 16.5. The van der Waals surface area contributed by atoms with E-state index in [1.807, 2.05) is 0 Å². The van der Waals surface area contributed by atoms with Gasteiger partial charge in [0.1, 0.15) is 17.5 Å². The standard InChI is InChI=1S/C40H73N3O7/c1-4-6-8-10-13-17-24-34(25-18-14-11-9-7-5-2)50-36(46)27-21-32-49-33-23-31-43(29-20-16-12-15-19-26-35(44)45)30-22-28-42-38-37(41-3)39(47)40(38)48/h34,41-42H,4-33H2,1-3H3,(H,44,45). The van der Waals surface area contributed by atoms with Crippen LogP contribution in [0.15, 0.2) is 9.59 Å². The minimum atomic E-state index is -0.733. The average molecular weight is 708 g/mol. The first kappa shape index (κ1) is 45.6. The van der Waals surface area contributed by atoms with Gasteiger partial charge in [0.05, 0.1) is 0 Å². The largest absolute Gasteiger partial charge is 0.481 e. The fourth-order valence-corrected chi connectivity index (χ4v) is 6.41. The van der Waals surface area contributed by atoms with Crippen LogP contribution >= 0.6 is 0 Å². The van der Waals surface area contributed by atoms with Crippen LogP contribution < -0.4 is 21.5 Å². The highest BCUT2D eigenvalue weighted by Crippen LogP contribution is 2.18. The second-order valence-corrected chi connectivity index (χ2v) is 14.0. The Morgan fingerprint density at radius 1 is 0.640 bits per heavy atom. The number of aliphatic carboxylic acids is 1. The highest BCUT2D eigenvalue weighted by molar-refractivity contribution is 5.73. The lowest BCUT2D eigenvalue weighted by atomic mass is 10.0. The molecule has 0 fully saturated rings. The van der Waals surface area contributed by atoms with E-state index >= 15 is 0 Å². The Hall–Kier alpha value is -2.46. The van der Waals surface area contributed by atoms with Gasteiger partial charge in [0.15, 0.2) is 0 Å². The molecule has 0 aliphatic rings. The number of esters is 1. The third kappa shape index (κ3) is 23.1. The molecule has 290 valence electrons. The first-order valence-electron chi connectivity index (χ1n) is 20.3. The van der Waals surface area contributed by atoms with Crippen LogP contribution in [-0.4, -0.2) is 74.5 Å². The van der Waals surface area contributed by atoms with Crippen molar-refractivity contribution < 1.29 is 24.2 Å². The molecule has 0 bridgehead atoms. The zero-order valence-electron chi connectivity index (χ0n) is 32.1. The van der Waals surface area contributed by atoms with Crippen molar-refractivity contribution in [3.8, 4) is 0 Å². The Bertz CT molecular complexity index is 1040. The smallest absolute Gasteiger partial charge is 0.306 e. The molecule has 0 radical (unpaired) electrons. The Morgan fingerprint density at radius 2 is 1.16 bits per heavy atom. The molecule has 1 aromatic rings. The van der Waals surface area contributed by atoms with Crippen LogP contribution in [0, 0.1) is 0 Å². The molecule has 0 spiro atoms. The van der Waals surface area contributed by atoms with Crippen LogP contribution in [0.3, 0.4) is 0 Å². The van der Waals surface area contributed by atoms with Gasteiger partial charge < -0.3 is 30.1 Å². The maximum atomic E-state index is 12.7. The van der Waals surface area contributed by atoms with E-state index in [9.17, 15) is 19.2 Å². The number of carbonyl (C=O) groups excluding carboxylic acids is 1. The predicted molar refractivity (Wildman–Crippen MR) is 206 cm³/mol. The number of nitrogens with one attached hydrogen (secondary N) is 2. The second kappa shape index (κ2) is 31.3. The maximum absolute atomic E-state index is 12.7. The summed E-state index contributed by atoms with van der Waals surface area (Å²) in [6.07, 6.45) is 24.8. The zero-order valence-corrected chi connectivity index (χ0v) is 32.1. The van der Waals surface area contributed by atoms with E-state index in [1.54, 1.807) is 7.05 Å². The number of hydrogen-bond donors (Lipinski definition) is 3. The lowest BCUT2D eigenvalue weighted by molar-refractivity contribution is -0.150. The SMILES string of the molecule is CCCCCCCCC(CCCCCCCC)OC(=O)CCCOCCCN(CCCCCCCC(=O)O)CCCNc1c(NC)c(=O)c1=O. The van der Waals surface area contributed by atoms with Crippen molar-refractivity contribution in [2.24, 2.45) is 0 Å². The number of unbranched alkanes of at least 4 members (excludes halogenated alkanes) is 14. The van der Waals surface area contributed by atoms with Gasteiger partial charge in [0.2, 0.25) is 0 Å². The van der Waals surface area contributed by atoms with Crippen molar-refractivity contribution in [3.63, 3.8) is 0 Å². The van der Waals surface area contributed by atoms with E-state index in [1.165, 1.54) is 64.2 Å². The molecule has 10 heteroatoms. The Balaban J connectivity index is 2.36. The number of carbonyl (C=O) groups is 2. The molecule has 0 saturated carbocycles. The Morgan fingerprint density at radius 3 is 1.78 bits per heavy atom. The van der Waals surface area contributed by atoms with Gasteiger partial charge in [-0.15, -0.1) is 0 Å². The summed E-state index contributed by atoms with van der Waals surface area (Å²) in [5.74, 6) is -0.826. The number of hydrogen-bond acceptors (Lipinski definition) is 9. The van der Waals surface area contributed by atoms with Crippen molar-refractivity contribution >= 4 is 23.3 Å². The number of nitrogens with zero attached hydrogens (tertiary/aromatic N) is 1. The molecule has 1 aromatic carbocycles. The number of anilines is 2. The summed E-state index contributed by atoms with van der Waals surface area (Å²) in [7, 11) is 1.64. The van der Waals surface area contributed by atoms with Gasteiger partial charge in [-0.25, -0.2) is 0 Å². The van der Waals surface area contributed by atoms with Crippen LogP contribution in [0.4, 0.5) is 11.4 Å². The minimum Gasteiger partial charge on any atom is -0.481 e. The molecule has 0 heterocycles. The molecule has 0 atom stereocenters. The van der Waals surface area contributed by atoms with Gasteiger partial charge in [0.25, 0.3) is 10.9 Å². The monoisotopic (exact) mass is 708 g/mol. The third-order valence-electron chi connectivity index (χ3n) is 9.47. The Labute approximate surface area is 303 Å². The number of carboxylic acids is 1. The van der Waals surface area contributed by atoms with Gasteiger partial charge in [-0.05, 0) is 70.9 Å². The lowest BCUT2D eigenvalue weighted by Crippen LogP contribution is -2.37. The molecule has 10 nitrogen and oxygen atoms in total. The molecule has 0 amide bonds. The normalized spacial score (nSPS) is 11.5. The Kier molecular flexibility index (Phi) is 28.5. The topological polar surface area (TPSA) is 134 Å². The number of ether oxygens (including phenoxy) is 2. The predicted octanol–water partition coefficient (Wildman–Crippen LogP) is 8.45. The fourth-order valence-electron chi connectivity index (χ4n) is 6.41. The van der Waals surface area contributed by atoms with Gasteiger partial charge >= 0.3 is 11.9 Å². The van der Waals surface area contributed by atoms with Gasteiger partial charge in [-0.2, -0.15) is 0 Å². The first-order chi connectivity index (χ1) is 24.3. The van der Waals surface area contributed by atoms with Crippen LogP contribution in [0.5, 0.6) is 0 Å². The second-order valence-electron chi connectivity index (χ2n) is 14.0. The van der Waals surface area contributed by atoms with E-state index in [0.29, 0.717) is 44.0 Å². The minimum absolute atomic E-state index is 0.0467. The molecule has 1 rings (SSSR count). The molecular weight excluding hydrogens is 634 g/mol. The van der Waals surface area contributed by atoms with Crippen LogP contribution in [0.1, 0.15) is 168 Å². The molecule has 0 unspecified atom stereocenters. The molecule has 3 N–H and O–H groups in total. The van der Waals surface area contributed by atoms with Crippen LogP contribution in [0.25, 0.3) is 0 Å². The van der Waals surface area contributed by atoms with Crippen LogP contribution in [0.2, 0.25) is 0 Å². The number of carboxylic acid groups (broad SMARTS) is 1. The quantitative estimate of drug-likeness (QED) is 0.0351. The van der Waals surface area contributed by atoms with Crippen molar-refractivity contribution in [3.05, 3.63) is 20.4 Å². The summed E-state index contributed by atoms with van der Waals surface area (Å²) in [6.45, 7) is 8.97. The summed E-state index contributed by atoms with van der Waals surface area (Å²) in [4.78, 5) is 49.3. The summed E-state index contributed by atoms with van der Waals surface area (Å²) < 4.78 is 11.9. The van der Waals surface area contributed by atoms with Gasteiger partial charge in [-0.1, -0.05) is 97.3 Å². The van der Waals surface area contributed by atoms with Crippen molar-refractivity contribution in [1.29, 1.82) is 0 Å². The lowest BCUT2D eigenvalue weighted by Gasteiger charge is -2.23. The van der Waals surface area contributed by atoms with Gasteiger partial charge in [0, 0.05) is 46.2 Å². The van der Waals surface area contributed by atoms with E-state index in [-0.39, 0.29) is 18.5 Å². The molecular formula is C40H73N3O7. The first-order valence-corrected chi connectivity index (χ1v) is 20.3. The highest BCUT2D eigenvalue weighted by Gasteiger charge is 2.19. The maximum Gasteiger partial charge on any atom is 0.306 e. The summed E-state index contributed by atoms with van der Waals surface area (Å²) in [6, 6.07) is 0. The van der Waals surface area contributed by atoms with Gasteiger partial charge in [-0.3, -0.25) is 19.2 Å². The molecule has 0 aromatic heterocycles. The van der Waals surface area contributed by atoms with Crippen LogP contribution in [-0.2, 0) is 19.1 Å². The van der Waals surface area contributed by atoms with Crippen molar-refractivity contribution in [2.45, 2.75) is 174 Å². The van der Waals surface area contributed by atoms with Crippen molar-refractivity contribution in [1.82, 2.24) is 4.90 Å². The number of rotatable bonds is 37. The summed E-state index contributed by atoms with van der Waals surface area (Å²) in [5.41, 5.74) is -0.177. The third-order valence-corrected chi connectivity index (χ3v) is 9.47. The molecule has 0 aliphatic carbocycles. The average Bonchev–Trinajstić information content (AvgIpc) is 3.10. The van der Waals surface area contributed by atoms with E-state index in [4.69, 9.17) is 14.6 Å². The molecule has 50 heavy (non-hydrogen) atoms. The van der Waals surface area contributed by atoms with E-state index in [0.717, 1.165) is 90.3 Å². The molecule has 0 saturated heterocycles. The fraction of sp³-hybridized carbons (Fsp3) is 0.850. The summed E-state index contributed by atoms with van der Waals surface area (Å²) in [5, 5.41) is 14.7. The van der Waals surface area contributed by atoms with Crippen molar-refractivity contribution in [2.75, 3.05) is 57.1 Å². The zero-order chi connectivity index (χ0) is 36.7. The summed E-state index contributed by atoms with van der Waals surface area (Å²) >= 11 is 0. The van der Waals surface area contributed by atoms with E-state index in [2.05, 4.69) is 29.4 Å². The molecule has 0 aliphatic heterocycles. The van der Waals surface area contributed by atoms with E-state index < -0.39 is 16.8 Å².